The standard InChI is InChI=1S/C14H14N2O4/c1-9(17)6-7-15-12(18)8-16-13(19)10-4-2-3-5-11(10)14(16)20/h2-5H,6-8H2,1H3,(H,15,18). The molecule has 1 heterocycles. The summed E-state index contributed by atoms with van der Waals surface area (Å²) in [7, 11) is 0. The second kappa shape index (κ2) is 5.64. The Morgan fingerprint density at radius 2 is 1.65 bits per heavy atom. The maximum Gasteiger partial charge on any atom is 0.262 e. The Kier molecular flexibility index (Phi) is 3.93. The van der Waals surface area contributed by atoms with E-state index in [2.05, 4.69) is 5.32 Å². The van der Waals surface area contributed by atoms with E-state index >= 15 is 0 Å². The Hall–Kier alpha value is -2.50. The van der Waals surface area contributed by atoms with Crippen molar-refractivity contribution in [3.8, 4) is 0 Å². The van der Waals surface area contributed by atoms with E-state index in [-0.39, 0.29) is 25.3 Å². The van der Waals surface area contributed by atoms with Crippen molar-refractivity contribution in [3.63, 3.8) is 0 Å². The summed E-state index contributed by atoms with van der Waals surface area (Å²) in [5.74, 6) is -1.42. The molecule has 1 aliphatic heterocycles. The summed E-state index contributed by atoms with van der Waals surface area (Å²) in [6.45, 7) is 1.30. The molecule has 6 nitrogen and oxygen atoms in total. The van der Waals surface area contributed by atoms with E-state index in [1.165, 1.54) is 6.92 Å². The quantitative estimate of drug-likeness (QED) is 0.787. The number of carbonyl (C=O) groups is 4. The highest BCUT2D eigenvalue weighted by Gasteiger charge is 2.36. The minimum absolute atomic E-state index is 0.0361. The van der Waals surface area contributed by atoms with Gasteiger partial charge in [0.15, 0.2) is 0 Å². The molecule has 0 spiro atoms. The average Bonchev–Trinajstić information content (AvgIpc) is 2.64. The van der Waals surface area contributed by atoms with E-state index in [0.717, 1.165) is 4.90 Å². The van der Waals surface area contributed by atoms with Crippen molar-refractivity contribution in [2.75, 3.05) is 13.1 Å². The van der Waals surface area contributed by atoms with E-state index < -0.39 is 17.7 Å². The highest BCUT2D eigenvalue weighted by Crippen LogP contribution is 2.21. The summed E-state index contributed by atoms with van der Waals surface area (Å²) in [5, 5.41) is 2.50. The largest absolute Gasteiger partial charge is 0.354 e. The van der Waals surface area contributed by atoms with Crippen LogP contribution in [0.4, 0.5) is 0 Å². The highest BCUT2D eigenvalue weighted by atomic mass is 16.2. The Morgan fingerprint density at radius 3 is 2.15 bits per heavy atom. The van der Waals surface area contributed by atoms with Crippen LogP contribution in [0.3, 0.4) is 0 Å². The monoisotopic (exact) mass is 274 g/mol. The molecule has 20 heavy (non-hydrogen) atoms. The van der Waals surface area contributed by atoms with Gasteiger partial charge in [-0.15, -0.1) is 0 Å². The summed E-state index contributed by atoms with van der Waals surface area (Å²) >= 11 is 0. The van der Waals surface area contributed by atoms with Gasteiger partial charge in [0, 0.05) is 13.0 Å². The van der Waals surface area contributed by atoms with E-state index in [1.54, 1.807) is 24.3 Å². The van der Waals surface area contributed by atoms with Crippen LogP contribution in [0.1, 0.15) is 34.1 Å². The lowest BCUT2D eigenvalue weighted by Crippen LogP contribution is -2.40. The molecule has 0 atom stereocenters. The van der Waals surface area contributed by atoms with Crippen LogP contribution >= 0.6 is 0 Å². The number of amides is 3. The predicted molar refractivity (Wildman–Crippen MR) is 70.1 cm³/mol. The lowest BCUT2D eigenvalue weighted by molar-refractivity contribution is -0.121. The first-order chi connectivity index (χ1) is 9.50. The molecule has 1 aromatic rings. The predicted octanol–water partition coefficient (Wildman–Crippen LogP) is 0.378. The summed E-state index contributed by atoms with van der Waals surface area (Å²) < 4.78 is 0. The fraction of sp³-hybridized carbons (Fsp3) is 0.286. The van der Waals surface area contributed by atoms with Crippen molar-refractivity contribution in [1.29, 1.82) is 0 Å². The molecule has 0 bridgehead atoms. The minimum Gasteiger partial charge on any atom is -0.354 e. The number of hydrogen-bond donors (Lipinski definition) is 1. The van der Waals surface area contributed by atoms with Gasteiger partial charge in [0.25, 0.3) is 11.8 Å². The van der Waals surface area contributed by atoms with Crippen LogP contribution in [0.25, 0.3) is 0 Å². The molecule has 6 heteroatoms. The van der Waals surface area contributed by atoms with Crippen LogP contribution in [-0.4, -0.2) is 41.5 Å². The van der Waals surface area contributed by atoms with Crippen molar-refractivity contribution in [1.82, 2.24) is 10.2 Å². The van der Waals surface area contributed by atoms with E-state index in [9.17, 15) is 19.2 Å². The van der Waals surface area contributed by atoms with Crippen molar-refractivity contribution < 1.29 is 19.2 Å². The first-order valence-corrected chi connectivity index (χ1v) is 6.22. The number of fused-ring (bicyclic) bond motifs is 1. The highest BCUT2D eigenvalue weighted by molar-refractivity contribution is 6.22. The molecule has 1 aromatic carbocycles. The zero-order chi connectivity index (χ0) is 14.7. The number of nitrogens with one attached hydrogen (secondary N) is 1. The van der Waals surface area contributed by atoms with Crippen molar-refractivity contribution in [2.45, 2.75) is 13.3 Å². The van der Waals surface area contributed by atoms with Crippen LogP contribution in [0.5, 0.6) is 0 Å². The normalized spacial score (nSPS) is 13.3. The van der Waals surface area contributed by atoms with Gasteiger partial charge >= 0.3 is 0 Å². The Labute approximate surface area is 115 Å². The number of benzene rings is 1. The number of rotatable bonds is 5. The van der Waals surface area contributed by atoms with Crippen molar-refractivity contribution in [2.24, 2.45) is 0 Å². The van der Waals surface area contributed by atoms with Crippen molar-refractivity contribution in [3.05, 3.63) is 35.4 Å². The second-order valence-electron chi connectivity index (χ2n) is 4.54. The maximum atomic E-state index is 12.0. The van der Waals surface area contributed by atoms with Crippen molar-refractivity contribution >= 4 is 23.5 Å². The topological polar surface area (TPSA) is 83.6 Å². The molecule has 2 rings (SSSR count). The van der Waals surface area contributed by atoms with Crippen LogP contribution in [-0.2, 0) is 9.59 Å². The molecule has 1 aliphatic rings. The molecular formula is C14H14N2O4. The van der Waals surface area contributed by atoms with Crippen LogP contribution in [0, 0.1) is 0 Å². The third-order valence-electron chi connectivity index (χ3n) is 2.98. The average molecular weight is 274 g/mol. The first kappa shape index (κ1) is 13.9. The number of imide groups is 1. The van der Waals surface area contributed by atoms with Crippen LogP contribution in [0.15, 0.2) is 24.3 Å². The van der Waals surface area contributed by atoms with Crippen LogP contribution in [0.2, 0.25) is 0 Å². The molecule has 0 aliphatic carbocycles. The maximum absolute atomic E-state index is 12.0. The third kappa shape index (κ3) is 2.74. The van der Waals surface area contributed by atoms with Gasteiger partial charge in [-0.3, -0.25) is 24.1 Å². The van der Waals surface area contributed by atoms with Gasteiger partial charge in [-0.25, -0.2) is 0 Å². The molecule has 104 valence electrons. The van der Waals surface area contributed by atoms with E-state index in [0.29, 0.717) is 11.1 Å². The summed E-state index contributed by atoms with van der Waals surface area (Å²) in [6.07, 6.45) is 0.230. The van der Waals surface area contributed by atoms with Gasteiger partial charge in [0.1, 0.15) is 12.3 Å². The van der Waals surface area contributed by atoms with Gasteiger partial charge in [0.2, 0.25) is 5.91 Å². The number of Topliss-reactive ketones (excluding diaryl/α,β-unsaturated/α-hetero) is 1. The summed E-state index contributed by atoms with van der Waals surface area (Å²) in [4.78, 5) is 47.3. The van der Waals surface area contributed by atoms with Crippen LogP contribution < -0.4 is 5.32 Å². The number of ketones is 1. The number of carbonyl (C=O) groups excluding carboxylic acids is 4. The molecule has 1 N–H and O–H groups in total. The van der Waals surface area contributed by atoms with Gasteiger partial charge in [-0.2, -0.15) is 0 Å². The molecule has 0 fully saturated rings. The Bertz CT molecular complexity index is 560. The summed E-state index contributed by atoms with van der Waals surface area (Å²) in [5.41, 5.74) is 0.628. The summed E-state index contributed by atoms with van der Waals surface area (Å²) in [6, 6.07) is 6.45. The Balaban J connectivity index is 1.98. The fourth-order valence-electron chi connectivity index (χ4n) is 1.96. The lowest BCUT2D eigenvalue weighted by Gasteiger charge is -2.13. The second-order valence-corrected chi connectivity index (χ2v) is 4.54. The number of nitrogens with zero attached hydrogens (tertiary/aromatic N) is 1. The molecule has 0 aromatic heterocycles. The first-order valence-electron chi connectivity index (χ1n) is 6.22. The van der Waals surface area contributed by atoms with Gasteiger partial charge in [0.05, 0.1) is 11.1 Å². The molecule has 0 radical (unpaired) electrons. The molecule has 3 amide bonds. The molecule has 0 saturated heterocycles. The molecular weight excluding hydrogens is 260 g/mol. The van der Waals surface area contributed by atoms with Gasteiger partial charge < -0.3 is 5.32 Å². The van der Waals surface area contributed by atoms with Gasteiger partial charge in [-0.1, -0.05) is 12.1 Å². The third-order valence-corrected chi connectivity index (χ3v) is 2.98. The lowest BCUT2D eigenvalue weighted by atomic mass is 10.1. The smallest absolute Gasteiger partial charge is 0.262 e. The zero-order valence-corrected chi connectivity index (χ0v) is 11.0. The molecule has 0 saturated carbocycles. The SMILES string of the molecule is CC(=O)CCNC(=O)CN1C(=O)c2ccccc2C1=O. The number of hydrogen-bond acceptors (Lipinski definition) is 4. The fourth-order valence-corrected chi connectivity index (χ4v) is 1.96. The Morgan fingerprint density at radius 1 is 1.10 bits per heavy atom. The van der Waals surface area contributed by atoms with E-state index in [4.69, 9.17) is 0 Å². The molecule has 0 unspecified atom stereocenters. The van der Waals surface area contributed by atoms with Gasteiger partial charge in [-0.05, 0) is 19.1 Å². The zero-order valence-electron chi connectivity index (χ0n) is 11.0. The minimum atomic E-state index is -0.465. The van der Waals surface area contributed by atoms with E-state index in [1.807, 2.05) is 0 Å².